The minimum absolute atomic E-state index is 0.626. The van der Waals surface area contributed by atoms with Crippen LogP contribution < -0.4 is 0 Å². The van der Waals surface area contributed by atoms with Crippen LogP contribution in [0.2, 0.25) is 0 Å². The van der Waals surface area contributed by atoms with Gasteiger partial charge in [-0.15, -0.1) is 0 Å². The van der Waals surface area contributed by atoms with Crippen LogP contribution in [0.3, 0.4) is 0 Å². The van der Waals surface area contributed by atoms with E-state index in [9.17, 15) is 10.2 Å². The summed E-state index contributed by atoms with van der Waals surface area (Å²) in [6.07, 6.45) is 5.07. The molecular weight excluding hydrogens is 284 g/mol. The summed E-state index contributed by atoms with van der Waals surface area (Å²) < 4.78 is 0. The third-order valence-corrected chi connectivity index (χ3v) is 5.21. The Kier molecular flexibility index (Phi) is 4.84. The predicted octanol–water partition coefficient (Wildman–Crippen LogP) is 3.90. The van der Waals surface area contributed by atoms with Gasteiger partial charge < -0.3 is 10.2 Å². The third kappa shape index (κ3) is 4.43. The molecule has 2 aromatic carbocycles. The molecule has 0 bridgehead atoms. The summed E-state index contributed by atoms with van der Waals surface area (Å²) >= 11 is 0. The SMILES string of the molecule is OC1(CCc2ccccc2)CCC(O)(Cc2ccccc2)CC1. The normalized spacial score (nSPS) is 27.7. The average Bonchev–Trinajstić information content (AvgIpc) is 2.58. The number of hydrogen-bond acceptors (Lipinski definition) is 2. The van der Waals surface area contributed by atoms with Crippen molar-refractivity contribution < 1.29 is 10.2 Å². The van der Waals surface area contributed by atoms with Gasteiger partial charge in [-0.05, 0) is 49.7 Å². The number of rotatable bonds is 5. The lowest BCUT2D eigenvalue weighted by molar-refractivity contribution is -0.0835. The molecule has 23 heavy (non-hydrogen) atoms. The first-order chi connectivity index (χ1) is 11.1. The van der Waals surface area contributed by atoms with Crippen LogP contribution in [0, 0.1) is 0 Å². The summed E-state index contributed by atoms with van der Waals surface area (Å²) in [5, 5.41) is 21.7. The minimum atomic E-state index is -0.666. The zero-order chi connectivity index (χ0) is 16.2. The molecule has 0 aromatic heterocycles. The van der Waals surface area contributed by atoms with Gasteiger partial charge in [0, 0.05) is 6.42 Å². The highest BCUT2D eigenvalue weighted by Crippen LogP contribution is 2.39. The number of benzene rings is 2. The van der Waals surface area contributed by atoms with Crippen LogP contribution in [0.4, 0.5) is 0 Å². The highest BCUT2D eigenvalue weighted by atomic mass is 16.3. The molecular formula is C21H26O2. The molecule has 2 aromatic rings. The van der Waals surface area contributed by atoms with E-state index in [-0.39, 0.29) is 0 Å². The average molecular weight is 310 g/mol. The van der Waals surface area contributed by atoms with Crippen molar-refractivity contribution in [2.45, 2.75) is 56.1 Å². The molecule has 2 N–H and O–H groups in total. The van der Waals surface area contributed by atoms with Gasteiger partial charge >= 0.3 is 0 Å². The van der Waals surface area contributed by atoms with E-state index < -0.39 is 11.2 Å². The smallest absolute Gasteiger partial charge is 0.0690 e. The van der Waals surface area contributed by atoms with Crippen molar-refractivity contribution in [3.63, 3.8) is 0 Å². The molecule has 0 unspecified atom stereocenters. The topological polar surface area (TPSA) is 40.5 Å². The first-order valence-corrected chi connectivity index (χ1v) is 8.60. The summed E-state index contributed by atoms with van der Waals surface area (Å²) in [4.78, 5) is 0. The molecule has 0 atom stereocenters. The van der Waals surface area contributed by atoms with Crippen molar-refractivity contribution >= 4 is 0 Å². The van der Waals surface area contributed by atoms with Crippen molar-refractivity contribution in [1.29, 1.82) is 0 Å². The Labute approximate surface area is 138 Å². The fourth-order valence-corrected chi connectivity index (χ4v) is 3.61. The van der Waals surface area contributed by atoms with Gasteiger partial charge in [0.25, 0.3) is 0 Å². The number of aliphatic hydroxyl groups is 2. The second-order valence-electron chi connectivity index (χ2n) is 7.10. The van der Waals surface area contributed by atoms with Crippen LogP contribution in [0.25, 0.3) is 0 Å². The Balaban J connectivity index is 1.54. The standard InChI is InChI=1S/C21H26O2/c22-20(12-11-18-7-3-1-4-8-18)13-15-21(23,16-14-20)17-19-9-5-2-6-10-19/h1-10,22-23H,11-17H2. The maximum atomic E-state index is 10.8. The fourth-order valence-electron chi connectivity index (χ4n) is 3.61. The molecule has 0 heterocycles. The molecule has 2 nitrogen and oxygen atoms in total. The maximum absolute atomic E-state index is 10.8. The van der Waals surface area contributed by atoms with E-state index in [1.165, 1.54) is 11.1 Å². The Morgan fingerprint density at radius 1 is 0.652 bits per heavy atom. The molecule has 2 heteroatoms. The Morgan fingerprint density at radius 2 is 1.13 bits per heavy atom. The molecule has 1 aliphatic carbocycles. The van der Waals surface area contributed by atoms with Gasteiger partial charge in [-0.1, -0.05) is 60.7 Å². The lowest BCUT2D eigenvalue weighted by Crippen LogP contribution is -2.44. The van der Waals surface area contributed by atoms with Crippen LogP contribution in [-0.4, -0.2) is 21.4 Å². The van der Waals surface area contributed by atoms with Gasteiger partial charge in [0.15, 0.2) is 0 Å². The van der Waals surface area contributed by atoms with E-state index in [4.69, 9.17) is 0 Å². The second kappa shape index (κ2) is 6.86. The molecule has 0 aliphatic heterocycles. The monoisotopic (exact) mass is 310 g/mol. The van der Waals surface area contributed by atoms with Crippen LogP contribution >= 0.6 is 0 Å². The van der Waals surface area contributed by atoms with Gasteiger partial charge in [0.2, 0.25) is 0 Å². The lowest BCUT2D eigenvalue weighted by Gasteiger charge is -2.41. The number of aryl methyl sites for hydroxylation is 1. The zero-order valence-electron chi connectivity index (χ0n) is 13.6. The molecule has 1 fully saturated rings. The lowest BCUT2D eigenvalue weighted by atomic mass is 9.72. The van der Waals surface area contributed by atoms with E-state index in [1.54, 1.807) is 0 Å². The van der Waals surface area contributed by atoms with Crippen LogP contribution in [-0.2, 0) is 12.8 Å². The summed E-state index contributed by atoms with van der Waals surface area (Å²) in [5.74, 6) is 0. The van der Waals surface area contributed by atoms with Crippen LogP contribution in [0.5, 0.6) is 0 Å². The van der Waals surface area contributed by atoms with Crippen LogP contribution in [0.1, 0.15) is 43.2 Å². The zero-order valence-corrected chi connectivity index (χ0v) is 13.6. The van der Waals surface area contributed by atoms with Crippen molar-refractivity contribution in [3.05, 3.63) is 71.8 Å². The van der Waals surface area contributed by atoms with Gasteiger partial charge in [-0.3, -0.25) is 0 Å². The maximum Gasteiger partial charge on any atom is 0.0690 e. The summed E-state index contributed by atoms with van der Waals surface area (Å²) in [6, 6.07) is 20.5. The van der Waals surface area contributed by atoms with E-state index in [1.807, 2.05) is 36.4 Å². The largest absolute Gasteiger partial charge is 0.390 e. The van der Waals surface area contributed by atoms with Crippen molar-refractivity contribution in [2.75, 3.05) is 0 Å². The van der Waals surface area contributed by atoms with Crippen LogP contribution in [0.15, 0.2) is 60.7 Å². The fraction of sp³-hybridized carbons (Fsp3) is 0.429. The van der Waals surface area contributed by atoms with E-state index in [0.717, 1.165) is 12.8 Å². The van der Waals surface area contributed by atoms with Crippen molar-refractivity contribution in [1.82, 2.24) is 0 Å². The van der Waals surface area contributed by atoms with Gasteiger partial charge in [0.05, 0.1) is 11.2 Å². The van der Waals surface area contributed by atoms with Crippen molar-refractivity contribution in [3.8, 4) is 0 Å². The van der Waals surface area contributed by atoms with Gasteiger partial charge in [-0.25, -0.2) is 0 Å². The summed E-state index contributed by atoms with van der Waals surface area (Å²) in [5.41, 5.74) is 1.15. The van der Waals surface area contributed by atoms with E-state index in [0.29, 0.717) is 32.1 Å². The molecule has 1 saturated carbocycles. The molecule has 0 saturated heterocycles. The highest BCUT2D eigenvalue weighted by Gasteiger charge is 2.40. The Hall–Kier alpha value is -1.64. The quantitative estimate of drug-likeness (QED) is 0.879. The second-order valence-corrected chi connectivity index (χ2v) is 7.10. The van der Waals surface area contributed by atoms with E-state index >= 15 is 0 Å². The third-order valence-electron chi connectivity index (χ3n) is 5.21. The Bertz CT molecular complexity index is 598. The van der Waals surface area contributed by atoms with E-state index in [2.05, 4.69) is 24.3 Å². The van der Waals surface area contributed by atoms with Gasteiger partial charge in [-0.2, -0.15) is 0 Å². The molecule has 0 spiro atoms. The highest BCUT2D eigenvalue weighted by molar-refractivity contribution is 5.18. The summed E-state index contributed by atoms with van der Waals surface area (Å²) in [6.45, 7) is 0. The molecule has 0 amide bonds. The number of hydrogen-bond donors (Lipinski definition) is 2. The minimum Gasteiger partial charge on any atom is -0.390 e. The predicted molar refractivity (Wildman–Crippen MR) is 93.3 cm³/mol. The first-order valence-electron chi connectivity index (χ1n) is 8.60. The van der Waals surface area contributed by atoms with Gasteiger partial charge in [0.1, 0.15) is 0 Å². The first kappa shape index (κ1) is 16.2. The summed E-state index contributed by atoms with van der Waals surface area (Å²) in [7, 11) is 0. The molecule has 122 valence electrons. The Morgan fingerprint density at radius 3 is 1.70 bits per heavy atom. The molecule has 0 radical (unpaired) electrons. The van der Waals surface area contributed by atoms with Crippen molar-refractivity contribution in [2.24, 2.45) is 0 Å². The molecule has 1 aliphatic rings. The molecule has 3 rings (SSSR count).